The lowest BCUT2D eigenvalue weighted by Crippen LogP contribution is -2.53. The van der Waals surface area contributed by atoms with Crippen molar-refractivity contribution in [1.82, 2.24) is 15.1 Å². The van der Waals surface area contributed by atoms with Crippen molar-refractivity contribution in [2.24, 2.45) is 4.99 Å². The molecule has 0 bridgehead atoms. The quantitative estimate of drug-likeness (QED) is 0.339. The molecule has 1 aromatic carbocycles. The first kappa shape index (κ1) is 26.1. The number of benzene rings is 1. The molecule has 1 heterocycles. The molecule has 1 aromatic rings. The minimum absolute atomic E-state index is 0. The van der Waals surface area contributed by atoms with E-state index in [4.69, 9.17) is 9.47 Å². The monoisotopic (exact) mass is 544 g/mol. The molecular formula is C19H28F3IN4O3. The Hall–Kier alpha value is -1.92. The Labute approximate surface area is 191 Å². The van der Waals surface area contributed by atoms with E-state index in [-0.39, 0.29) is 41.4 Å². The fourth-order valence-electron chi connectivity index (χ4n) is 2.91. The Morgan fingerprint density at radius 1 is 1.17 bits per heavy atom. The summed E-state index contributed by atoms with van der Waals surface area (Å²) in [5.74, 6) is 1.05. The highest BCUT2D eigenvalue weighted by molar-refractivity contribution is 14.0. The average Bonchev–Trinajstić information content (AvgIpc) is 2.69. The van der Waals surface area contributed by atoms with Crippen molar-refractivity contribution in [3.63, 3.8) is 0 Å². The second-order valence-corrected chi connectivity index (χ2v) is 6.55. The largest absolute Gasteiger partial charge is 0.493 e. The van der Waals surface area contributed by atoms with E-state index in [1.165, 1.54) is 13.2 Å². The van der Waals surface area contributed by atoms with Crippen molar-refractivity contribution in [2.75, 3.05) is 46.4 Å². The minimum atomic E-state index is -4.42. The number of rotatable bonds is 6. The lowest BCUT2D eigenvalue weighted by atomic mass is 10.2. The topological polar surface area (TPSA) is 66.4 Å². The molecule has 0 radical (unpaired) electrons. The molecule has 0 aromatic heterocycles. The van der Waals surface area contributed by atoms with Crippen molar-refractivity contribution in [3.8, 4) is 11.5 Å². The molecule has 11 heteroatoms. The van der Waals surface area contributed by atoms with Crippen LogP contribution in [-0.2, 0) is 11.3 Å². The highest BCUT2D eigenvalue weighted by Crippen LogP contribution is 2.30. The minimum Gasteiger partial charge on any atom is -0.493 e. The fraction of sp³-hybridized carbons (Fsp3) is 0.579. The van der Waals surface area contributed by atoms with Crippen LogP contribution in [0.4, 0.5) is 13.2 Å². The Kier molecular flexibility index (Phi) is 10.5. The van der Waals surface area contributed by atoms with Gasteiger partial charge in [-0.2, -0.15) is 13.2 Å². The van der Waals surface area contributed by atoms with Gasteiger partial charge in [-0.25, -0.2) is 4.99 Å². The van der Waals surface area contributed by atoms with Crippen LogP contribution in [0, 0.1) is 0 Å². The smallest absolute Gasteiger partial charge is 0.422 e. The van der Waals surface area contributed by atoms with Crippen molar-refractivity contribution in [3.05, 3.63) is 23.8 Å². The van der Waals surface area contributed by atoms with Crippen LogP contribution in [0.3, 0.4) is 0 Å². The summed E-state index contributed by atoms with van der Waals surface area (Å²) in [6.45, 7) is 5.80. The molecule has 1 saturated heterocycles. The second-order valence-electron chi connectivity index (χ2n) is 6.55. The van der Waals surface area contributed by atoms with Crippen LogP contribution in [0.5, 0.6) is 11.5 Å². The lowest BCUT2D eigenvalue weighted by molar-refractivity contribution is -0.153. The van der Waals surface area contributed by atoms with E-state index in [1.807, 2.05) is 6.92 Å². The molecule has 30 heavy (non-hydrogen) atoms. The van der Waals surface area contributed by atoms with Gasteiger partial charge in [-0.15, -0.1) is 24.0 Å². The average molecular weight is 544 g/mol. The molecule has 0 spiro atoms. The molecule has 1 aliphatic rings. The number of amides is 1. The number of carbonyl (C=O) groups is 1. The maximum Gasteiger partial charge on any atom is 0.422 e. The molecule has 0 atom stereocenters. The first-order valence-corrected chi connectivity index (χ1v) is 9.38. The molecule has 1 fully saturated rings. The molecule has 0 unspecified atom stereocenters. The van der Waals surface area contributed by atoms with E-state index in [0.29, 0.717) is 39.3 Å². The SMILES string of the molecule is CCNC(=NCc1ccc(OCC(F)(F)F)c(OC)c1)N1CCN(C(C)=O)CC1.I. The highest BCUT2D eigenvalue weighted by atomic mass is 127. The van der Waals surface area contributed by atoms with Gasteiger partial charge in [-0.1, -0.05) is 6.07 Å². The zero-order valence-corrected chi connectivity index (χ0v) is 19.6. The first-order chi connectivity index (χ1) is 13.7. The summed E-state index contributed by atoms with van der Waals surface area (Å²) >= 11 is 0. The normalized spacial score (nSPS) is 14.8. The van der Waals surface area contributed by atoms with Gasteiger partial charge in [0, 0.05) is 39.6 Å². The number of hydrogen-bond acceptors (Lipinski definition) is 4. The number of piperazine rings is 1. The van der Waals surface area contributed by atoms with Gasteiger partial charge in [0.15, 0.2) is 24.1 Å². The van der Waals surface area contributed by atoms with Gasteiger partial charge >= 0.3 is 6.18 Å². The van der Waals surface area contributed by atoms with Crippen LogP contribution in [-0.4, -0.2) is 74.3 Å². The van der Waals surface area contributed by atoms with Crippen molar-refractivity contribution in [1.29, 1.82) is 0 Å². The third-order valence-corrected chi connectivity index (χ3v) is 4.39. The van der Waals surface area contributed by atoms with Crippen LogP contribution in [0.15, 0.2) is 23.2 Å². The first-order valence-electron chi connectivity index (χ1n) is 9.38. The van der Waals surface area contributed by atoms with Crippen molar-refractivity contribution < 1.29 is 27.4 Å². The van der Waals surface area contributed by atoms with Gasteiger partial charge < -0.3 is 24.6 Å². The third-order valence-electron chi connectivity index (χ3n) is 4.39. The molecule has 1 amide bonds. The predicted molar refractivity (Wildman–Crippen MR) is 119 cm³/mol. The summed E-state index contributed by atoms with van der Waals surface area (Å²) in [6.07, 6.45) is -4.42. The maximum atomic E-state index is 12.4. The summed E-state index contributed by atoms with van der Waals surface area (Å²) in [5.41, 5.74) is 0.777. The number of halogens is 4. The predicted octanol–water partition coefficient (Wildman–Crippen LogP) is 2.88. The van der Waals surface area contributed by atoms with Crippen LogP contribution in [0.1, 0.15) is 19.4 Å². The zero-order chi connectivity index (χ0) is 21.4. The Balaban J connectivity index is 0.00000450. The Morgan fingerprint density at radius 3 is 2.33 bits per heavy atom. The second kappa shape index (κ2) is 12.1. The number of alkyl halides is 3. The van der Waals surface area contributed by atoms with Gasteiger partial charge in [-0.3, -0.25) is 4.79 Å². The van der Waals surface area contributed by atoms with Crippen molar-refractivity contribution >= 4 is 35.8 Å². The highest BCUT2D eigenvalue weighted by Gasteiger charge is 2.29. The number of carbonyl (C=O) groups excluding carboxylic acids is 1. The third kappa shape index (κ3) is 8.07. The van der Waals surface area contributed by atoms with E-state index in [0.717, 1.165) is 11.5 Å². The van der Waals surface area contributed by atoms with E-state index >= 15 is 0 Å². The summed E-state index contributed by atoms with van der Waals surface area (Å²) in [6, 6.07) is 4.73. The molecule has 7 nitrogen and oxygen atoms in total. The summed E-state index contributed by atoms with van der Waals surface area (Å²) in [7, 11) is 1.38. The van der Waals surface area contributed by atoms with E-state index in [1.54, 1.807) is 24.0 Å². The molecular weight excluding hydrogens is 516 g/mol. The number of ether oxygens (including phenoxy) is 2. The van der Waals surface area contributed by atoms with Crippen LogP contribution >= 0.6 is 24.0 Å². The van der Waals surface area contributed by atoms with Gasteiger partial charge in [0.05, 0.1) is 13.7 Å². The van der Waals surface area contributed by atoms with Gasteiger partial charge in [0.2, 0.25) is 5.91 Å². The van der Waals surface area contributed by atoms with E-state index < -0.39 is 12.8 Å². The lowest BCUT2D eigenvalue weighted by Gasteiger charge is -2.36. The van der Waals surface area contributed by atoms with Crippen LogP contribution in [0.2, 0.25) is 0 Å². The number of nitrogens with zero attached hydrogens (tertiary/aromatic N) is 3. The van der Waals surface area contributed by atoms with Crippen LogP contribution < -0.4 is 14.8 Å². The summed E-state index contributed by atoms with van der Waals surface area (Å²) in [5, 5.41) is 3.24. The Morgan fingerprint density at radius 2 is 1.80 bits per heavy atom. The molecule has 1 N–H and O–H groups in total. The number of guanidine groups is 1. The van der Waals surface area contributed by atoms with E-state index in [2.05, 4.69) is 15.2 Å². The maximum absolute atomic E-state index is 12.4. The van der Waals surface area contributed by atoms with Crippen LogP contribution in [0.25, 0.3) is 0 Å². The standard InChI is InChI=1S/C19H27F3N4O3.HI/c1-4-23-18(26-9-7-25(8-10-26)14(2)27)24-12-15-5-6-16(17(11-15)28-3)29-13-19(20,21)22;/h5-6,11H,4,7-10,12-13H2,1-3H3,(H,23,24);1H. The number of aliphatic imine (C=N–C) groups is 1. The van der Waals surface area contributed by atoms with Crippen molar-refractivity contribution in [2.45, 2.75) is 26.6 Å². The summed E-state index contributed by atoms with van der Waals surface area (Å²) in [4.78, 5) is 20.0. The molecule has 0 aliphatic carbocycles. The Bertz CT molecular complexity index is 723. The fourth-order valence-corrected chi connectivity index (χ4v) is 2.91. The molecule has 0 saturated carbocycles. The zero-order valence-electron chi connectivity index (χ0n) is 17.3. The molecule has 2 rings (SSSR count). The van der Waals surface area contributed by atoms with Gasteiger partial charge in [0.25, 0.3) is 0 Å². The number of nitrogens with one attached hydrogen (secondary N) is 1. The van der Waals surface area contributed by atoms with Gasteiger partial charge in [0.1, 0.15) is 0 Å². The van der Waals surface area contributed by atoms with Gasteiger partial charge in [-0.05, 0) is 24.6 Å². The molecule has 170 valence electrons. The number of hydrogen-bond donors (Lipinski definition) is 1. The summed E-state index contributed by atoms with van der Waals surface area (Å²) < 4.78 is 47.0. The molecule has 1 aliphatic heterocycles. The van der Waals surface area contributed by atoms with E-state index in [9.17, 15) is 18.0 Å². The number of methoxy groups -OCH3 is 1.